The number of hydrogen-bond acceptors (Lipinski definition) is 6. The number of thiocarbonyl (C=S) groups is 1. The number of ether oxygens (including phenoxy) is 3. The van der Waals surface area contributed by atoms with Gasteiger partial charge in [0.2, 0.25) is 0 Å². The second-order valence-electron chi connectivity index (χ2n) is 6.28. The Hall–Kier alpha value is -2.81. The quantitative estimate of drug-likeness (QED) is 0.520. The van der Waals surface area contributed by atoms with Gasteiger partial charge < -0.3 is 29.7 Å². The monoisotopic (exact) mass is 407 g/mol. The number of benzene rings is 1. The maximum atomic E-state index is 12.3. The number of hydrogen-bond donors (Lipinski definition) is 2. The fraction of sp³-hybridized carbons (Fsp3) is 0.421. The molecule has 28 heavy (non-hydrogen) atoms. The molecule has 1 aromatic carbocycles. The van der Waals surface area contributed by atoms with Crippen molar-refractivity contribution in [3.8, 4) is 11.5 Å². The molecule has 0 saturated heterocycles. The lowest BCUT2D eigenvalue weighted by molar-refractivity contribution is -0.136. The van der Waals surface area contributed by atoms with Crippen molar-refractivity contribution in [3.05, 3.63) is 35.0 Å². The minimum atomic E-state index is -0.502. The number of allylic oxidation sites excluding steroid dienone is 1. The second-order valence-corrected chi connectivity index (χ2v) is 6.69. The Morgan fingerprint density at radius 1 is 1.21 bits per heavy atom. The Labute approximate surface area is 169 Å². The lowest BCUT2D eigenvalue weighted by atomic mass is 9.95. The van der Waals surface area contributed by atoms with E-state index in [0.717, 1.165) is 5.56 Å². The number of nitrogens with zero attached hydrogens (tertiary/aromatic N) is 1. The van der Waals surface area contributed by atoms with Gasteiger partial charge >= 0.3 is 5.97 Å². The first-order valence-electron chi connectivity index (χ1n) is 8.74. The molecule has 2 N–H and O–H groups in total. The van der Waals surface area contributed by atoms with Crippen molar-refractivity contribution in [2.75, 3.05) is 34.4 Å². The van der Waals surface area contributed by atoms with Crippen molar-refractivity contribution in [2.45, 2.75) is 19.9 Å². The molecule has 0 saturated carbocycles. The highest BCUT2D eigenvalue weighted by atomic mass is 32.1. The van der Waals surface area contributed by atoms with Gasteiger partial charge in [0.1, 0.15) is 0 Å². The second kappa shape index (κ2) is 9.41. The highest BCUT2D eigenvalue weighted by Gasteiger charge is 2.31. The van der Waals surface area contributed by atoms with Gasteiger partial charge in [-0.15, -0.1) is 0 Å². The standard InChI is InChI=1S/C19H25N3O5S/c1-6-26-14-9-12(7-8-13(14)27-10-15(23)22(3)4)17-16(18(24)25-5)11(2)20-19(28)21-17/h7-9,17H,6,10H2,1-5H3,(H2,20,21,28)/t17-/m0/s1. The molecule has 1 aromatic rings. The molecule has 0 aliphatic carbocycles. The summed E-state index contributed by atoms with van der Waals surface area (Å²) >= 11 is 5.23. The first kappa shape index (κ1) is 21.5. The van der Waals surface area contributed by atoms with Gasteiger partial charge in [-0.25, -0.2) is 4.79 Å². The minimum Gasteiger partial charge on any atom is -0.490 e. The summed E-state index contributed by atoms with van der Waals surface area (Å²) in [5.74, 6) is 0.292. The van der Waals surface area contributed by atoms with E-state index in [4.69, 9.17) is 26.4 Å². The zero-order valence-corrected chi connectivity index (χ0v) is 17.4. The van der Waals surface area contributed by atoms with Gasteiger partial charge in [-0.2, -0.15) is 0 Å². The number of carbonyl (C=O) groups is 2. The molecule has 0 unspecified atom stereocenters. The lowest BCUT2D eigenvalue weighted by Gasteiger charge is -2.30. The van der Waals surface area contributed by atoms with Gasteiger partial charge in [0.25, 0.3) is 5.91 Å². The predicted octanol–water partition coefficient (Wildman–Crippen LogP) is 1.52. The number of methoxy groups -OCH3 is 1. The van der Waals surface area contributed by atoms with E-state index in [9.17, 15) is 9.59 Å². The zero-order chi connectivity index (χ0) is 20.8. The molecule has 152 valence electrons. The average Bonchev–Trinajstić information content (AvgIpc) is 2.65. The Morgan fingerprint density at radius 2 is 1.93 bits per heavy atom. The maximum absolute atomic E-state index is 12.3. The molecule has 9 heteroatoms. The van der Waals surface area contributed by atoms with Gasteiger partial charge in [-0.1, -0.05) is 6.07 Å². The smallest absolute Gasteiger partial charge is 0.337 e. The number of carbonyl (C=O) groups excluding carboxylic acids is 2. The molecule has 1 amide bonds. The number of likely N-dealkylation sites (N-methyl/N-ethyl adjacent to an activating group) is 1. The molecule has 2 rings (SSSR count). The largest absolute Gasteiger partial charge is 0.490 e. The lowest BCUT2D eigenvalue weighted by Crippen LogP contribution is -2.45. The van der Waals surface area contributed by atoms with E-state index in [2.05, 4.69) is 10.6 Å². The van der Waals surface area contributed by atoms with Gasteiger partial charge in [-0.3, -0.25) is 4.79 Å². The SMILES string of the molecule is CCOc1cc([C@@H]2NC(=S)NC(C)=C2C(=O)OC)ccc1OCC(=O)N(C)C. The van der Waals surface area contributed by atoms with Gasteiger partial charge in [0.05, 0.1) is 25.3 Å². The van der Waals surface area contributed by atoms with Crippen LogP contribution in [0.5, 0.6) is 11.5 Å². The summed E-state index contributed by atoms with van der Waals surface area (Å²) in [6.45, 7) is 3.93. The van der Waals surface area contributed by atoms with Crippen LogP contribution in [-0.4, -0.2) is 56.3 Å². The van der Waals surface area contributed by atoms with Crippen LogP contribution in [0.3, 0.4) is 0 Å². The van der Waals surface area contributed by atoms with Crippen molar-refractivity contribution in [2.24, 2.45) is 0 Å². The molecule has 8 nitrogen and oxygen atoms in total. The third kappa shape index (κ3) is 4.92. The number of rotatable bonds is 7. The summed E-state index contributed by atoms with van der Waals surface area (Å²) < 4.78 is 16.2. The van der Waals surface area contributed by atoms with Crippen LogP contribution in [0.2, 0.25) is 0 Å². The van der Waals surface area contributed by atoms with Crippen LogP contribution < -0.4 is 20.1 Å². The summed E-state index contributed by atoms with van der Waals surface area (Å²) in [4.78, 5) is 25.5. The highest BCUT2D eigenvalue weighted by molar-refractivity contribution is 7.80. The van der Waals surface area contributed by atoms with Crippen LogP contribution in [0.1, 0.15) is 25.5 Å². The summed E-state index contributed by atoms with van der Waals surface area (Å²) in [6, 6.07) is 4.76. The summed E-state index contributed by atoms with van der Waals surface area (Å²) in [5, 5.41) is 6.43. The van der Waals surface area contributed by atoms with E-state index < -0.39 is 12.0 Å². The number of nitrogens with one attached hydrogen (secondary N) is 2. The number of amides is 1. The molecule has 1 atom stereocenters. The Kier molecular flexibility index (Phi) is 7.22. The predicted molar refractivity (Wildman–Crippen MR) is 108 cm³/mol. The zero-order valence-electron chi connectivity index (χ0n) is 16.6. The van der Waals surface area contributed by atoms with E-state index in [1.807, 2.05) is 6.92 Å². The van der Waals surface area contributed by atoms with E-state index in [1.54, 1.807) is 39.2 Å². The molecule has 1 aliphatic rings. The van der Waals surface area contributed by atoms with Crippen molar-refractivity contribution in [3.63, 3.8) is 0 Å². The average molecular weight is 407 g/mol. The minimum absolute atomic E-state index is 0.103. The third-order valence-corrected chi connectivity index (χ3v) is 4.35. The van der Waals surface area contributed by atoms with Crippen LogP contribution in [0.15, 0.2) is 29.5 Å². The van der Waals surface area contributed by atoms with E-state index in [-0.39, 0.29) is 12.5 Å². The molecule has 0 fully saturated rings. The summed E-state index contributed by atoms with van der Waals surface area (Å²) in [6.07, 6.45) is 0. The van der Waals surface area contributed by atoms with E-state index in [0.29, 0.717) is 34.5 Å². The first-order chi connectivity index (χ1) is 13.3. The molecule has 1 heterocycles. The molecule has 0 aromatic heterocycles. The Balaban J connectivity index is 2.38. The van der Waals surface area contributed by atoms with Crippen LogP contribution in [-0.2, 0) is 14.3 Å². The molecular weight excluding hydrogens is 382 g/mol. The van der Waals surface area contributed by atoms with Crippen LogP contribution in [0.4, 0.5) is 0 Å². The van der Waals surface area contributed by atoms with Crippen LogP contribution >= 0.6 is 12.2 Å². The van der Waals surface area contributed by atoms with Crippen molar-refractivity contribution >= 4 is 29.2 Å². The first-order valence-corrected chi connectivity index (χ1v) is 9.15. The van der Waals surface area contributed by atoms with E-state index >= 15 is 0 Å². The van der Waals surface area contributed by atoms with Crippen LogP contribution in [0.25, 0.3) is 0 Å². The fourth-order valence-corrected chi connectivity index (χ4v) is 2.96. The van der Waals surface area contributed by atoms with Crippen LogP contribution in [0, 0.1) is 0 Å². The molecule has 0 radical (unpaired) electrons. The topological polar surface area (TPSA) is 89.1 Å². The van der Waals surface area contributed by atoms with Crippen molar-refractivity contribution in [1.82, 2.24) is 15.5 Å². The molecule has 0 bridgehead atoms. The molecular formula is C19H25N3O5S. The number of esters is 1. The highest BCUT2D eigenvalue weighted by Crippen LogP contribution is 2.34. The van der Waals surface area contributed by atoms with Crippen molar-refractivity contribution in [1.29, 1.82) is 0 Å². The van der Waals surface area contributed by atoms with Crippen molar-refractivity contribution < 1.29 is 23.8 Å². The normalized spacial score (nSPS) is 16.0. The fourth-order valence-electron chi connectivity index (χ4n) is 2.68. The van der Waals surface area contributed by atoms with Gasteiger partial charge in [0, 0.05) is 19.8 Å². The maximum Gasteiger partial charge on any atom is 0.337 e. The van der Waals surface area contributed by atoms with E-state index in [1.165, 1.54) is 12.0 Å². The summed E-state index contributed by atoms with van der Waals surface area (Å²) in [7, 11) is 4.65. The molecule has 1 aliphatic heterocycles. The van der Waals surface area contributed by atoms with Gasteiger partial charge in [0.15, 0.2) is 23.2 Å². The summed E-state index contributed by atoms with van der Waals surface area (Å²) in [5.41, 5.74) is 1.80. The third-order valence-electron chi connectivity index (χ3n) is 4.13. The Bertz CT molecular complexity index is 807. The van der Waals surface area contributed by atoms with Gasteiger partial charge in [-0.05, 0) is 43.8 Å². The molecule has 0 spiro atoms. The Morgan fingerprint density at radius 3 is 2.54 bits per heavy atom.